The molecule has 432 valence electrons. The predicted molar refractivity (Wildman–Crippen MR) is 321 cm³/mol. The van der Waals surface area contributed by atoms with Crippen LogP contribution in [0.3, 0.4) is 0 Å². The highest BCUT2D eigenvalue weighted by atomic mass is 32.1. The van der Waals surface area contributed by atoms with Crippen LogP contribution in [0, 0.1) is 12.8 Å². The first-order valence-corrected chi connectivity index (χ1v) is 31.1. The molecular formula is C56H53N13O9S6. The number of amides is 5. The van der Waals surface area contributed by atoms with Gasteiger partial charge in [0, 0.05) is 68.6 Å². The molecule has 9 aromatic rings. The van der Waals surface area contributed by atoms with Crippen molar-refractivity contribution in [3.63, 3.8) is 0 Å². The number of nitrogens with two attached hydrogens (primary N) is 2. The summed E-state index contributed by atoms with van der Waals surface area (Å²) in [7, 11) is 3.63. The lowest BCUT2D eigenvalue weighted by molar-refractivity contribution is -0.124. The number of phenols is 1. The van der Waals surface area contributed by atoms with Crippen LogP contribution in [0.5, 0.6) is 5.75 Å². The molecule has 5 amide bonds. The van der Waals surface area contributed by atoms with E-state index < -0.39 is 77.5 Å². The highest BCUT2D eigenvalue weighted by molar-refractivity contribution is 7.15. The first-order valence-electron chi connectivity index (χ1n) is 25.9. The van der Waals surface area contributed by atoms with Gasteiger partial charge in [-0.1, -0.05) is 49.4 Å². The summed E-state index contributed by atoms with van der Waals surface area (Å²) in [5, 5.41) is 52.9. The molecule has 0 spiro atoms. The monoisotopic (exact) mass is 1240 g/mol. The standard InChI is InChI=1S/C56H53N13O9S6/c1-25(41(72)19-69(3)4)43-56-66-39(24-83-56)54-62-35(20-81-54)45-30(14-15-32(59-45)53-63-36(21-82-53)47(58)75)51-64-38(22-79-51)50(78)61-34(18-42(57)73)55-68-44(26(2)84-55)40(71)17-31(46(74)28-8-6-5-7-9-28)52-65-37(23-80-52)49(77)60-33(48(76)67-43)16-27-10-12-29(70)13-11-27/h5-15,20-25,31,33-34,41,43,46,70,72,74H,16-19H2,1-4H3,(H2,57,73)(H2,58,75)(H,60,77)(H,61,78)(H,67,76)/t25-,31-,33-,34-,41-,43-,46+/m0/s1. The molecule has 0 aliphatic carbocycles. The summed E-state index contributed by atoms with van der Waals surface area (Å²) in [6.07, 6.45) is -3.04. The maximum absolute atomic E-state index is 15.0. The molecule has 0 radical (unpaired) electrons. The number of carbonyl (C=O) groups is 6. The normalized spacial score (nSPS) is 18.1. The van der Waals surface area contributed by atoms with Gasteiger partial charge in [-0.3, -0.25) is 28.8 Å². The number of thiazole rings is 6. The Kier molecular flexibility index (Phi) is 18.0. The van der Waals surface area contributed by atoms with E-state index in [1.807, 2.05) is 19.0 Å². The van der Waals surface area contributed by atoms with Crippen LogP contribution in [0.15, 0.2) is 93.6 Å². The number of likely N-dealkylation sites (N-methyl/N-ethyl adjacent to an activating group) is 1. The highest BCUT2D eigenvalue weighted by Gasteiger charge is 2.36. The lowest BCUT2D eigenvalue weighted by atomic mass is 9.90. The predicted octanol–water partition coefficient (Wildman–Crippen LogP) is 7.11. The Labute approximate surface area is 503 Å². The van der Waals surface area contributed by atoms with Crippen molar-refractivity contribution in [3.05, 3.63) is 147 Å². The molecule has 8 heterocycles. The fourth-order valence-corrected chi connectivity index (χ4v) is 14.6. The summed E-state index contributed by atoms with van der Waals surface area (Å²) < 4.78 is 0. The van der Waals surface area contributed by atoms with Crippen molar-refractivity contribution in [2.75, 3.05) is 20.6 Å². The first kappa shape index (κ1) is 59.2. The topological polar surface area (TPSA) is 345 Å². The zero-order valence-corrected chi connectivity index (χ0v) is 50.0. The van der Waals surface area contributed by atoms with Gasteiger partial charge < -0.3 is 47.6 Å². The van der Waals surface area contributed by atoms with Crippen LogP contribution in [-0.4, -0.2) is 123 Å². The summed E-state index contributed by atoms with van der Waals surface area (Å²) >= 11 is 6.93. The smallest absolute Gasteiger partial charge is 0.271 e. The summed E-state index contributed by atoms with van der Waals surface area (Å²) in [4.78, 5) is 119. The molecule has 10 rings (SSSR count). The second kappa shape index (κ2) is 25.5. The largest absolute Gasteiger partial charge is 0.508 e. The molecule has 0 fully saturated rings. The van der Waals surface area contributed by atoms with Crippen molar-refractivity contribution in [2.24, 2.45) is 17.4 Å². The molecule has 0 saturated heterocycles. The Balaban J connectivity index is 1.09. The Morgan fingerprint density at radius 2 is 1.30 bits per heavy atom. The molecule has 7 atom stereocenters. The van der Waals surface area contributed by atoms with Crippen LogP contribution in [0.4, 0.5) is 0 Å². The van der Waals surface area contributed by atoms with Gasteiger partial charge in [0.1, 0.15) is 76.7 Å². The van der Waals surface area contributed by atoms with Crippen molar-refractivity contribution >= 4 is 103 Å². The van der Waals surface area contributed by atoms with Crippen molar-refractivity contribution < 1.29 is 44.1 Å². The van der Waals surface area contributed by atoms with Crippen molar-refractivity contribution in [1.29, 1.82) is 0 Å². The Morgan fingerprint density at radius 3 is 2.01 bits per heavy atom. The van der Waals surface area contributed by atoms with Crippen molar-refractivity contribution in [1.82, 2.24) is 55.7 Å². The number of phenolic OH excluding ortho intramolecular Hbond substituents is 1. The lowest BCUT2D eigenvalue weighted by Gasteiger charge is -2.30. The minimum absolute atomic E-state index is 0.00448. The van der Waals surface area contributed by atoms with E-state index in [1.165, 1.54) is 56.9 Å². The van der Waals surface area contributed by atoms with E-state index >= 15 is 0 Å². The lowest BCUT2D eigenvalue weighted by Crippen LogP contribution is -2.51. The maximum Gasteiger partial charge on any atom is 0.271 e. The van der Waals surface area contributed by atoms with Gasteiger partial charge in [-0.05, 0) is 56.4 Å². The van der Waals surface area contributed by atoms with Crippen molar-refractivity contribution in [2.45, 2.75) is 69.4 Å². The second-order valence-corrected chi connectivity index (χ2v) is 25.6. The third kappa shape index (κ3) is 13.4. The number of aromatic hydroxyl groups is 1. The van der Waals surface area contributed by atoms with E-state index in [9.17, 15) is 44.1 Å². The van der Waals surface area contributed by atoms with E-state index in [-0.39, 0.29) is 64.3 Å². The average molecular weight is 1240 g/mol. The third-order valence-corrected chi connectivity index (χ3v) is 19.3. The Bertz CT molecular complexity index is 3910. The number of nitrogens with zero attached hydrogens (tertiary/aromatic N) is 8. The van der Waals surface area contributed by atoms with E-state index in [4.69, 9.17) is 31.4 Å². The SMILES string of the molecule is Cc1sc2nc1C(=O)C[C@@H]([C@H](O)c1ccccc1)c1nc(cs1)C(=O)N[C@@H](Cc1ccc(O)cc1)C(=O)N[C@@H]([C@@H](C)[C@@H](O)CN(C)C)c1nc(cs1)-c1nc(cs1)-c1nc(-c3nc(C(N)=O)cs3)ccc1-c1nc(cs1)C(=O)N[C@H]2CC(N)=O. The zero-order valence-electron chi connectivity index (χ0n) is 45.1. The molecule has 22 nitrogen and oxygen atoms in total. The molecule has 7 aromatic heterocycles. The number of hydrogen-bond acceptors (Lipinski definition) is 23. The van der Waals surface area contributed by atoms with E-state index in [0.29, 0.717) is 64.4 Å². The number of benzene rings is 2. The van der Waals surface area contributed by atoms with Gasteiger partial charge in [-0.15, -0.1) is 68.0 Å². The van der Waals surface area contributed by atoms with Crippen LogP contribution in [0.2, 0.25) is 0 Å². The number of carbonyl (C=O) groups excluding carboxylic acids is 6. The molecular weight excluding hydrogens is 1190 g/mol. The molecule has 2 aromatic carbocycles. The van der Waals surface area contributed by atoms with Crippen LogP contribution >= 0.6 is 68.0 Å². The molecule has 10 bridgehead atoms. The van der Waals surface area contributed by atoms with Crippen molar-refractivity contribution in [3.8, 4) is 49.1 Å². The third-order valence-electron chi connectivity index (χ3n) is 13.7. The van der Waals surface area contributed by atoms with Crippen LogP contribution < -0.4 is 27.4 Å². The first-order chi connectivity index (χ1) is 40.3. The zero-order chi connectivity index (χ0) is 59.5. The summed E-state index contributed by atoms with van der Waals surface area (Å²) in [5.41, 5.74) is 14.4. The minimum Gasteiger partial charge on any atom is -0.508 e. The van der Waals surface area contributed by atoms with Gasteiger partial charge in [0.25, 0.3) is 17.7 Å². The molecule has 10 N–H and O–H groups in total. The average Bonchev–Trinajstić information content (AvgIpc) is 4.52. The van der Waals surface area contributed by atoms with Gasteiger partial charge in [-0.2, -0.15) is 0 Å². The minimum atomic E-state index is -1.30. The fraction of sp³-hybridized carbons (Fsp3) is 0.268. The molecule has 0 unspecified atom stereocenters. The van der Waals surface area contributed by atoms with Gasteiger partial charge >= 0.3 is 0 Å². The Hall–Kier alpha value is -7.93. The highest BCUT2D eigenvalue weighted by Crippen LogP contribution is 2.41. The van der Waals surface area contributed by atoms with Crippen LogP contribution in [-0.2, 0) is 16.0 Å². The van der Waals surface area contributed by atoms with Gasteiger partial charge in [0.15, 0.2) is 5.78 Å². The quantitative estimate of drug-likeness (QED) is 0.0604. The van der Waals surface area contributed by atoms with E-state index in [1.54, 1.807) is 84.6 Å². The number of primary amides is 2. The van der Waals surface area contributed by atoms with Gasteiger partial charge in [-0.25, -0.2) is 34.9 Å². The van der Waals surface area contributed by atoms with E-state index in [0.717, 1.165) is 34.0 Å². The number of aromatic nitrogens is 7. The second-order valence-electron chi connectivity index (χ2n) is 20.0. The maximum atomic E-state index is 15.0. The summed E-state index contributed by atoms with van der Waals surface area (Å²) in [6, 6.07) is 15.0. The number of rotatable bonds is 12. The summed E-state index contributed by atoms with van der Waals surface area (Å²) in [6.45, 7) is 3.69. The number of aliphatic hydroxyl groups is 2. The fourth-order valence-electron chi connectivity index (χ4n) is 9.26. The van der Waals surface area contributed by atoms with Crippen LogP contribution in [0.25, 0.3) is 43.4 Å². The number of Topliss-reactive ketones (excluding diaryl/α,β-unsaturated/α-hetero) is 1. The molecule has 0 saturated carbocycles. The molecule has 84 heavy (non-hydrogen) atoms. The van der Waals surface area contributed by atoms with E-state index in [2.05, 4.69) is 30.9 Å². The van der Waals surface area contributed by atoms with Gasteiger partial charge in [0.05, 0.1) is 41.4 Å². The number of fused-ring (bicyclic) bond motifs is 14. The molecule has 1 aliphatic heterocycles. The number of aryl methyl sites for hydroxylation is 1. The Morgan fingerprint density at radius 1 is 0.667 bits per heavy atom. The van der Waals surface area contributed by atoms with Crippen LogP contribution in [0.1, 0.15) is 117 Å². The number of nitrogens with one attached hydrogen (secondary N) is 3. The number of hydrogen-bond donors (Lipinski definition) is 8. The molecule has 28 heteroatoms. The number of aliphatic hydroxyl groups excluding tert-OH is 2. The van der Waals surface area contributed by atoms with Gasteiger partial charge in [0.2, 0.25) is 11.8 Å². The summed E-state index contributed by atoms with van der Waals surface area (Å²) in [5.74, 6) is -5.68. The number of ketones is 1. The number of pyridine rings is 1. The molecule has 1 aliphatic rings.